The van der Waals surface area contributed by atoms with Gasteiger partial charge in [0.2, 0.25) is 11.8 Å². The molecular weight excluding hydrogens is 206 g/mol. The zero-order valence-electron chi connectivity index (χ0n) is 10.0. The summed E-state index contributed by atoms with van der Waals surface area (Å²) in [5, 5.41) is 3.08. The van der Waals surface area contributed by atoms with Crippen LogP contribution in [0.5, 0.6) is 0 Å². The number of likely N-dealkylation sites (tertiary alicyclic amines) is 1. The summed E-state index contributed by atoms with van der Waals surface area (Å²) < 4.78 is 0. The first-order valence-corrected chi connectivity index (χ1v) is 5.81. The Morgan fingerprint density at radius 3 is 2.75 bits per heavy atom. The highest BCUT2D eigenvalue weighted by Crippen LogP contribution is 2.15. The third-order valence-corrected chi connectivity index (χ3v) is 2.84. The Labute approximate surface area is 96.4 Å². The summed E-state index contributed by atoms with van der Waals surface area (Å²) in [4.78, 5) is 24.6. The maximum absolute atomic E-state index is 11.8. The van der Waals surface area contributed by atoms with Crippen molar-refractivity contribution in [3.05, 3.63) is 0 Å². The van der Waals surface area contributed by atoms with Crippen molar-refractivity contribution in [1.82, 2.24) is 10.2 Å². The highest BCUT2D eigenvalue weighted by molar-refractivity contribution is 5.81. The SMILES string of the molecule is CC(C)NCC(=O)N1CCCC(C(N)=O)C1. The third-order valence-electron chi connectivity index (χ3n) is 2.84. The van der Waals surface area contributed by atoms with Crippen LogP contribution in [-0.2, 0) is 9.59 Å². The van der Waals surface area contributed by atoms with Gasteiger partial charge in [-0.15, -0.1) is 0 Å². The molecule has 0 aromatic rings. The van der Waals surface area contributed by atoms with E-state index >= 15 is 0 Å². The summed E-state index contributed by atoms with van der Waals surface area (Å²) in [5.41, 5.74) is 5.26. The molecule has 2 amide bonds. The summed E-state index contributed by atoms with van der Waals surface area (Å²) >= 11 is 0. The molecule has 92 valence electrons. The van der Waals surface area contributed by atoms with Crippen LogP contribution in [0.25, 0.3) is 0 Å². The Balaban J connectivity index is 2.41. The van der Waals surface area contributed by atoms with Gasteiger partial charge in [-0.3, -0.25) is 9.59 Å². The molecule has 1 heterocycles. The first-order valence-electron chi connectivity index (χ1n) is 5.81. The number of nitrogens with one attached hydrogen (secondary N) is 1. The Bertz CT molecular complexity index is 266. The lowest BCUT2D eigenvalue weighted by Gasteiger charge is -2.31. The number of piperidine rings is 1. The lowest BCUT2D eigenvalue weighted by molar-refractivity contribution is -0.134. The number of hydrogen-bond acceptors (Lipinski definition) is 3. The minimum Gasteiger partial charge on any atom is -0.369 e. The molecule has 1 fully saturated rings. The second-order valence-electron chi connectivity index (χ2n) is 4.62. The van der Waals surface area contributed by atoms with Crippen molar-refractivity contribution < 1.29 is 9.59 Å². The van der Waals surface area contributed by atoms with E-state index in [4.69, 9.17) is 5.73 Å². The van der Waals surface area contributed by atoms with E-state index in [1.807, 2.05) is 13.8 Å². The standard InChI is InChI=1S/C11H21N3O2/c1-8(2)13-6-10(15)14-5-3-4-9(7-14)11(12)16/h8-9,13H,3-7H2,1-2H3,(H2,12,16). The zero-order valence-corrected chi connectivity index (χ0v) is 10.0. The topological polar surface area (TPSA) is 75.4 Å². The molecule has 0 aromatic carbocycles. The van der Waals surface area contributed by atoms with Gasteiger partial charge in [0.1, 0.15) is 0 Å². The molecule has 1 aliphatic heterocycles. The largest absolute Gasteiger partial charge is 0.369 e. The number of nitrogens with zero attached hydrogens (tertiary/aromatic N) is 1. The van der Waals surface area contributed by atoms with E-state index in [2.05, 4.69) is 5.32 Å². The monoisotopic (exact) mass is 227 g/mol. The molecule has 0 radical (unpaired) electrons. The Morgan fingerprint density at radius 2 is 2.19 bits per heavy atom. The molecule has 0 aromatic heterocycles. The lowest BCUT2D eigenvalue weighted by Crippen LogP contribution is -2.47. The fraction of sp³-hybridized carbons (Fsp3) is 0.818. The summed E-state index contributed by atoms with van der Waals surface area (Å²) in [7, 11) is 0. The second kappa shape index (κ2) is 5.84. The van der Waals surface area contributed by atoms with Crippen molar-refractivity contribution in [2.24, 2.45) is 11.7 Å². The van der Waals surface area contributed by atoms with Gasteiger partial charge < -0.3 is 16.0 Å². The van der Waals surface area contributed by atoms with Crippen LogP contribution in [0.4, 0.5) is 0 Å². The number of primary amides is 1. The molecule has 3 N–H and O–H groups in total. The van der Waals surface area contributed by atoms with Gasteiger partial charge in [-0.25, -0.2) is 0 Å². The molecule has 1 unspecified atom stereocenters. The molecule has 1 atom stereocenters. The number of carbonyl (C=O) groups is 2. The van der Waals surface area contributed by atoms with Crippen LogP contribution in [0.1, 0.15) is 26.7 Å². The van der Waals surface area contributed by atoms with E-state index in [-0.39, 0.29) is 17.7 Å². The van der Waals surface area contributed by atoms with Crippen LogP contribution >= 0.6 is 0 Å². The summed E-state index contributed by atoms with van der Waals surface area (Å²) in [5.74, 6) is -0.411. The predicted octanol–water partition coefficient (Wildman–Crippen LogP) is -0.292. The van der Waals surface area contributed by atoms with Crippen molar-refractivity contribution in [2.75, 3.05) is 19.6 Å². The smallest absolute Gasteiger partial charge is 0.236 e. The Kier molecular flexibility index (Phi) is 4.73. The fourth-order valence-electron chi connectivity index (χ4n) is 1.84. The van der Waals surface area contributed by atoms with Crippen molar-refractivity contribution in [3.8, 4) is 0 Å². The molecular formula is C11H21N3O2. The number of rotatable bonds is 4. The van der Waals surface area contributed by atoms with Crippen LogP contribution in [0, 0.1) is 5.92 Å². The van der Waals surface area contributed by atoms with Gasteiger partial charge in [-0.05, 0) is 12.8 Å². The first kappa shape index (κ1) is 13.0. The first-order chi connectivity index (χ1) is 7.50. The third kappa shape index (κ3) is 3.81. The predicted molar refractivity (Wildman–Crippen MR) is 61.6 cm³/mol. The molecule has 1 rings (SSSR count). The minimum absolute atomic E-state index is 0.0552. The van der Waals surface area contributed by atoms with Gasteiger partial charge in [-0.1, -0.05) is 13.8 Å². The van der Waals surface area contributed by atoms with Crippen molar-refractivity contribution in [2.45, 2.75) is 32.7 Å². The van der Waals surface area contributed by atoms with Gasteiger partial charge >= 0.3 is 0 Å². The zero-order chi connectivity index (χ0) is 12.1. The second-order valence-corrected chi connectivity index (χ2v) is 4.62. The number of amides is 2. The van der Waals surface area contributed by atoms with Crippen LogP contribution in [0.2, 0.25) is 0 Å². The van der Waals surface area contributed by atoms with Gasteiger partial charge in [-0.2, -0.15) is 0 Å². The van der Waals surface area contributed by atoms with E-state index in [0.717, 1.165) is 19.4 Å². The van der Waals surface area contributed by atoms with E-state index in [9.17, 15) is 9.59 Å². The van der Waals surface area contributed by atoms with Crippen LogP contribution in [0.3, 0.4) is 0 Å². The number of nitrogens with two attached hydrogens (primary N) is 1. The molecule has 0 spiro atoms. The maximum atomic E-state index is 11.8. The van der Waals surface area contributed by atoms with E-state index < -0.39 is 0 Å². The average Bonchev–Trinajstić information content (AvgIpc) is 2.26. The highest BCUT2D eigenvalue weighted by Gasteiger charge is 2.26. The molecule has 0 saturated carbocycles. The van der Waals surface area contributed by atoms with Gasteiger partial charge in [0, 0.05) is 19.1 Å². The Hall–Kier alpha value is -1.10. The van der Waals surface area contributed by atoms with Gasteiger partial charge in [0.05, 0.1) is 12.5 Å². The van der Waals surface area contributed by atoms with E-state index in [1.54, 1.807) is 4.90 Å². The van der Waals surface area contributed by atoms with Crippen LogP contribution in [0.15, 0.2) is 0 Å². The average molecular weight is 227 g/mol. The molecule has 0 aliphatic carbocycles. The highest BCUT2D eigenvalue weighted by atomic mass is 16.2. The molecule has 0 bridgehead atoms. The van der Waals surface area contributed by atoms with Crippen molar-refractivity contribution in [1.29, 1.82) is 0 Å². The fourth-order valence-corrected chi connectivity index (χ4v) is 1.84. The van der Waals surface area contributed by atoms with Crippen molar-refractivity contribution in [3.63, 3.8) is 0 Å². The Morgan fingerprint density at radius 1 is 1.50 bits per heavy atom. The number of hydrogen-bond donors (Lipinski definition) is 2. The summed E-state index contributed by atoms with van der Waals surface area (Å²) in [6.07, 6.45) is 1.66. The number of carbonyl (C=O) groups excluding carboxylic acids is 2. The van der Waals surface area contributed by atoms with Crippen LogP contribution in [-0.4, -0.2) is 42.4 Å². The molecule has 16 heavy (non-hydrogen) atoms. The van der Waals surface area contributed by atoms with Crippen molar-refractivity contribution >= 4 is 11.8 Å². The lowest BCUT2D eigenvalue weighted by atomic mass is 9.97. The van der Waals surface area contributed by atoms with Gasteiger partial charge in [0.15, 0.2) is 0 Å². The normalized spacial score (nSPS) is 21.2. The molecule has 1 aliphatic rings. The minimum atomic E-state index is -0.297. The van der Waals surface area contributed by atoms with E-state index in [1.165, 1.54) is 0 Å². The maximum Gasteiger partial charge on any atom is 0.236 e. The molecule has 1 saturated heterocycles. The quantitative estimate of drug-likeness (QED) is 0.693. The summed E-state index contributed by atoms with van der Waals surface area (Å²) in [6, 6.07) is 0.292. The van der Waals surface area contributed by atoms with Crippen LogP contribution < -0.4 is 11.1 Å². The summed E-state index contributed by atoms with van der Waals surface area (Å²) in [6.45, 7) is 5.55. The van der Waals surface area contributed by atoms with E-state index in [0.29, 0.717) is 19.1 Å². The molecule has 5 nitrogen and oxygen atoms in total. The molecule has 5 heteroatoms. The van der Waals surface area contributed by atoms with Gasteiger partial charge in [0.25, 0.3) is 0 Å².